The highest BCUT2D eigenvalue weighted by Crippen LogP contribution is 2.37. The number of benzene rings is 5. The Balaban J connectivity index is 0.812. The zero-order chi connectivity index (χ0) is 37.8. The number of fused-ring (bicyclic) bond motifs is 2. The molecule has 268 valence electrons. The van der Waals surface area contributed by atoms with Crippen molar-refractivity contribution in [3.63, 3.8) is 0 Å². The summed E-state index contributed by atoms with van der Waals surface area (Å²) in [6, 6.07) is 33.2. The van der Waals surface area contributed by atoms with E-state index in [0.717, 1.165) is 11.1 Å². The summed E-state index contributed by atoms with van der Waals surface area (Å²) in [5.74, 6) is 0.814. The predicted octanol–water partition coefficient (Wildman–Crippen LogP) is 8.72. The minimum absolute atomic E-state index is 0.225. The van der Waals surface area contributed by atoms with Gasteiger partial charge < -0.3 is 13.9 Å². The lowest BCUT2D eigenvalue weighted by Crippen LogP contribution is -2.30. The summed E-state index contributed by atoms with van der Waals surface area (Å²) in [4.78, 5) is 54.3. The van der Waals surface area contributed by atoms with E-state index in [4.69, 9.17) is 13.9 Å². The van der Waals surface area contributed by atoms with Gasteiger partial charge in [-0.2, -0.15) is 0 Å². The van der Waals surface area contributed by atoms with Crippen molar-refractivity contribution in [1.82, 2.24) is 10.2 Å². The third-order valence-corrected chi connectivity index (χ3v) is 9.74. The average Bonchev–Trinajstić information content (AvgIpc) is 3.85. The van der Waals surface area contributed by atoms with Crippen molar-refractivity contribution >= 4 is 35.0 Å². The fourth-order valence-electron chi connectivity index (χ4n) is 6.92. The first-order chi connectivity index (χ1) is 26.7. The number of allylic oxidation sites excluding steroid dienone is 2. The molecule has 1 aliphatic carbocycles. The van der Waals surface area contributed by atoms with E-state index in [2.05, 4.69) is 10.2 Å². The largest absolute Gasteiger partial charge is 0.457 e. The van der Waals surface area contributed by atoms with Gasteiger partial charge in [0, 0.05) is 11.1 Å². The number of aryl methyl sites for hydroxylation is 1. The van der Waals surface area contributed by atoms with Crippen LogP contribution >= 0.6 is 0 Å². The van der Waals surface area contributed by atoms with Gasteiger partial charge in [0.15, 0.2) is 0 Å². The maximum Gasteiger partial charge on any atom is 0.266 e. The number of rotatable bonds is 8. The highest BCUT2D eigenvalue weighted by molar-refractivity contribution is 6.34. The summed E-state index contributed by atoms with van der Waals surface area (Å²) in [6.07, 6.45) is 5.53. The molecule has 55 heavy (non-hydrogen) atoms. The quantitative estimate of drug-likeness (QED) is 0.141. The molecule has 0 saturated carbocycles. The molecule has 11 nitrogen and oxygen atoms in total. The van der Waals surface area contributed by atoms with Gasteiger partial charge in [-0.3, -0.25) is 19.2 Å². The number of nitrogens with zero attached hydrogens (tertiary/aromatic N) is 4. The Bertz CT molecular complexity index is 2590. The van der Waals surface area contributed by atoms with Gasteiger partial charge in [-0.25, -0.2) is 9.80 Å². The molecular weight excluding hydrogens is 697 g/mol. The number of amides is 4. The second-order valence-electron chi connectivity index (χ2n) is 13.5. The Kier molecular flexibility index (Phi) is 8.04. The van der Waals surface area contributed by atoms with Crippen LogP contribution in [0.25, 0.3) is 22.9 Å². The number of hydrogen-bond acceptors (Lipinski definition) is 9. The summed E-state index contributed by atoms with van der Waals surface area (Å²) < 4.78 is 18.0. The number of hydrogen-bond donors (Lipinski definition) is 0. The van der Waals surface area contributed by atoms with Crippen LogP contribution in [-0.4, -0.2) is 33.8 Å². The molecule has 0 radical (unpaired) electrons. The zero-order valence-corrected chi connectivity index (χ0v) is 29.5. The van der Waals surface area contributed by atoms with Gasteiger partial charge in [0.25, 0.3) is 11.8 Å². The lowest BCUT2D eigenvalue weighted by Gasteiger charge is -2.15. The minimum Gasteiger partial charge on any atom is -0.457 e. The molecule has 0 N–H and O–H groups in total. The van der Waals surface area contributed by atoms with Gasteiger partial charge in [0.05, 0.1) is 34.3 Å². The highest BCUT2D eigenvalue weighted by Gasteiger charge is 2.46. The molecule has 3 heterocycles. The first-order valence-corrected chi connectivity index (χ1v) is 17.5. The molecule has 5 aromatic carbocycles. The lowest BCUT2D eigenvalue weighted by atomic mass is 9.88. The first-order valence-electron chi connectivity index (χ1n) is 17.5. The number of carbonyl (C=O) groups excluding carboxylic acids is 4. The van der Waals surface area contributed by atoms with Crippen LogP contribution in [0.4, 0.5) is 11.4 Å². The van der Waals surface area contributed by atoms with Crippen molar-refractivity contribution < 1.29 is 33.1 Å². The lowest BCUT2D eigenvalue weighted by molar-refractivity contribution is -0.122. The number of anilines is 2. The zero-order valence-electron chi connectivity index (χ0n) is 29.5. The fourth-order valence-corrected chi connectivity index (χ4v) is 6.92. The molecule has 1 saturated heterocycles. The predicted molar refractivity (Wildman–Crippen MR) is 203 cm³/mol. The van der Waals surface area contributed by atoms with Crippen molar-refractivity contribution in [2.24, 2.45) is 11.8 Å². The topological polar surface area (TPSA) is 132 Å². The normalized spacial score (nSPS) is 17.4. The van der Waals surface area contributed by atoms with E-state index in [1.165, 1.54) is 9.80 Å². The van der Waals surface area contributed by atoms with Crippen LogP contribution in [0.2, 0.25) is 0 Å². The van der Waals surface area contributed by atoms with Crippen molar-refractivity contribution in [1.29, 1.82) is 0 Å². The Morgan fingerprint density at radius 1 is 0.545 bits per heavy atom. The number of aromatic nitrogens is 2. The number of carbonyl (C=O) groups is 4. The van der Waals surface area contributed by atoms with E-state index in [9.17, 15) is 19.2 Å². The van der Waals surface area contributed by atoms with Crippen LogP contribution < -0.4 is 19.3 Å². The van der Waals surface area contributed by atoms with Gasteiger partial charge in [-0.1, -0.05) is 35.4 Å². The second kappa shape index (κ2) is 13.2. The van der Waals surface area contributed by atoms with Crippen LogP contribution in [0.5, 0.6) is 23.0 Å². The maximum atomic E-state index is 13.0. The van der Waals surface area contributed by atoms with Gasteiger partial charge in [0.2, 0.25) is 23.6 Å². The van der Waals surface area contributed by atoms with Crippen molar-refractivity contribution in [3.8, 4) is 45.9 Å². The van der Waals surface area contributed by atoms with Gasteiger partial charge in [-0.05, 0) is 123 Å². The van der Waals surface area contributed by atoms with E-state index < -0.39 is 11.8 Å². The van der Waals surface area contributed by atoms with E-state index in [1.807, 2.05) is 56.3 Å². The van der Waals surface area contributed by atoms with Crippen LogP contribution in [0.3, 0.4) is 0 Å². The van der Waals surface area contributed by atoms with Crippen molar-refractivity contribution in [2.75, 3.05) is 9.80 Å². The average molecular weight is 727 g/mol. The Hall–Kier alpha value is -7.40. The maximum absolute atomic E-state index is 13.0. The van der Waals surface area contributed by atoms with Crippen LogP contribution in [0, 0.1) is 18.8 Å². The molecule has 1 aromatic heterocycles. The molecule has 2 unspecified atom stereocenters. The Labute approximate surface area is 314 Å². The van der Waals surface area contributed by atoms with Crippen molar-refractivity contribution in [2.45, 2.75) is 13.8 Å². The third kappa shape index (κ3) is 6.07. The molecule has 0 spiro atoms. The summed E-state index contributed by atoms with van der Waals surface area (Å²) >= 11 is 0. The number of ether oxygens (including phenoxy) is 2. The molecule has 9 rings (SSSR count). The molecule has 2 atom stereocenters. The SMILES string of the molecule is CC1=CC2C(=O)N(c3ccc(Oc4ccc(-c5nnc(-c6ccc(Oc7ccc(N8C(=O)c9ccc(C)cc9C8=O)cc7)cc6)o5)cc4)cc3)C(=O)C2C=C1. The second-order valence-corrected chi connectivity index (χ2v) is 13.5. The van der Waals surface area contributed by atoms with Crippen LogP contribution in [0.1, 0.15) is 33.2 Å². The summed E-state index contributed by atoms with van der Waals surface area (Å²) in [7, 11) is 0. The van der Waals surface area contributed by atoms with Gasteiger partial charge in [-0.15, -0.1) is 10.2 Å². The minimum atomic E-state index is -0.465. The molecule has 1 fully saturated rings. The van der Waals surface area contributed by atoms with E-state index in [1.54, 1.807) is 91.0 Å². The van der Waals surface area contributed by atoms with E-state index in [0.29, 0.717) is 68.4 Å². The van der Waals surface area contributed by atoms with E-state index in [-0.39, 0.29) is 23.6 Å². The third-order valence-electron chi connectivity index (χ3n) is 9.74. The van der Waals surface area contributed by atoms with E-state index >= 15 is 0 Å². The van der Waals surface area contributed by atoms with Gasteiger partial charge >= 0.3 is 0 Å². The summed E-state index contributed by atoms with van der Waals surface area (Å²) in [5.41, 5.74) is 5.06. The standard InChI is InChI=1S/C44H30N4O7/c1-25-3-21-35-37(23-25)43(51)47(41(35)49)29-9-17-33(18-10-29)53-31-13-5-27(6-14-31)39-45-46-40(55-39)28-7-15-32(16-8-28)54-34-19-11-30(12-20-34)48-42(50)36-22-4-26(2)24-38(36)44(48)52/h3-24,35,37H,1-2H3. The molecule has 3 aliphatic rings. The Morgan fingerprint density at radius 2 is 1.02 bits per heavy atom. The fraction of sp³-hybridized carbons (Fsp3) is 0.0909. The molecule has 11 heteroatoms. The van der Waals surface area contributed by atoms with Crippen LogP contribution in [0.15, 0.2) is 143 Å². The smallest absolute Gasteiger partial charge is 0.266 e. The summed E-state index contributed by atoms with van der Waals surface area (Å²) in [6.45, 7) is 3.80. The van der Waals surface area contributed by atoms with Crippen molar-refractivity contribution in [3.05, 3.63) is 156 Å². The summed E-state index contributed by atoms with van der Waals surface area (Å²) in [5, 5.41) is 8.44. The molecule has 6 aromatic rings. The number of imide groups is 2. The monoisotopic (exact) mass is 726 g/mol. The van der Waals surface area contributed by atoms with Crippen LogP contribution in [-0.2, 0) is 9.59 Å². The molecule has 2 aliphatic heterocycles. The highest BCUT2D eigenvalue weighted by atomic mass is 16.5. The Morgan fingerprint density at radius 3 is 1.56 bits per heavy atom. The molecule has 0 bridgehead atoms. The molecular formula is C44H30N4O7. The first kappa shape index (κ1) is 33.4. The van der Waals surface area contributed by atoms with Gasteiger partial charge in [0.1, 0.15) is 23.0 Å². The molecule has 4 amide bonds.